The van der Waals surface area contributed by atoms with Crippen LogP contribution in [0.2, 0.25) is 0 Å². The first-order chi connectivity index (χ1) is 11.2. The number of ether oxygens (including phenoxy) is 2. The van der Waals surface area contributed by atoms with Crippen LogP contribution in [0.3, 0.4) is 0 Å². The number of anilines is 1. The van der Waals surface area contributed by atoms with Crippen molar-refractivity contribution < 1.29 is 29.0 Å². The van der Waals surface area contributed by atoms with Gasteiger partial charge in [0, 0.05) is 0 Å². The Morgan fingerprint density at radius 1 is 1.46 bits per heavy atom. The van der Waals surface area contributed by atoms with Crippen LogP contribution in [0.15, 0.2) is 24.3 Å². The number of carbonyl (C=O) groups excluding carboxylic acids is 2. The fourth-order valence-electron chi connectivity index (χ4n) is 1.78. The van der Waals surface area contributed by atoms with Crippen molar-refractivity contribution in [3.8, 4) is 5.75 Å². The van der Waals surface area contributed by atoms with Crippen molar-refractivity contribution in [3.63, 3.8) is 0 Å². The summed E-state index contributed by atoms with van der Waals surface area (Å²) in [7, 11) is 0. The van der Waals surface area contributed by atoms with Crippen LogP contribution < -0.4 is 15.1 Å². The molecular formula is C13H13Cl3N2O6. The van der Waals surface area contributed by atoms with Crippen molar-refractivity contribution in [2.24, 2.45) is 0 Å². The zero-order chi connectivity index (χ0) is 17.9. The molecule has 0 unspecified atom stereocenters. The van der Waals surface area contributed by atoms with Gasteiger partial charge in [0.05, 0.1) is 6.61 Å². The summed E-state index contributed by atoms with van der Waals surface area (Å²) in [6.45, 7) is 1.67. The van der Waals surface area contributed by atoms with Crippen molar-refractivity contribution >= 4 is 52.5 Å². The molecule has 0 saturated heterocycles. The number of nitrogens with one attached hydrogen (secondary N) is 1. The SMILES string of the molecule is CCOC(=O)N[C@H](ON1C(=O)[C@@H](O)Oc2ccccc21)C(Cl)(Cl)Cl. The monoisotopic (exact) mass is 398 g/mol. The molecule has 1 heterocycles. The molecule has 0 saturated carbocycles. The standard InChI is InChI=1S/C13H13Cl3N2O6/c1-2-22-12(21)17-11(13(14,15)16)24-18-7-5-3-4-6-8(7)23-10(20)9(18)19/h3-6,10-11,20H,2H2,1H3,(H,17,21)/t10-,11+/m0/s1. The maximum absolute atomic E-state index is 12.1. The number of hydroxylamine groups is 1. The lowest BCUT2D eigenvalue weighted by molar-refractivity contribution is -0.154. The second-order valence-corrected chi connectivity index (χ2v) is 6.83. The number of rotatable bonds is 4. The molecule has 0 bridgehead atoms. The van der Waals surface area contributed by atoms with E-state index < -0.39 is 28.3 Å². The van der Waals surface area contributed by atoms with Crippen molar-refractivity contribution in [2.45, 2.75) is 23.2 Å². The third kappa shape index (κ3) is 4.34. The predicted molar refractivity (Wildman–Crippen MR) is 85.9 cm³/mol. The van der Waals surface area contributed by atoms with Crippen molar-refractivity contribution in [3.05, 3.63) is 24.3 Å². The Kier molecular flexibility index (Phi) is 6.00. The quantitative estimate of drug-likeness (QED) is 0.594. The zero-order valence-electron chi connectivity index (χ0n) is 12.2. The average molecular weight is 400 g/mol. The summed E-state index contributed by atoms with van der Waals surface area (Å²) in [6.07, 6.45) is -4.30. The first-order valence-corrected chi connectivity index (χ1v) is 7.82. The van der Waals surface area contributed by atoms with E-state index in [1.165, 1.54) is 12.1 Å². The van der Waals surface area contributed by atoms with Gasteiger partial charge < -0.3 is 14.6 Å². The van der Waals surface area contributed by atoms with Crippen molar-refractivity contribution in [2.75, 3.05) is 11.7 Å². The van der Waals surface area contributed by atoms with Gasteiger partial charge in [0.25, 0.3) is 6.29 Å². The van der Waals surface area contributed by atoms with Gasteiger partial charge >= 0.3 is 12.0 Å². The molecule has 8 nitrogen and oxygen atoms in total. The maximum Gasteiger partial charge on any atom is 0.409 e. The van der Waals surface area contributed by atoms with Crippen molar-refractivity contribution in [1.29, 1.82) is 0 Å². The number of aliphatic hydroxyl groups is 1. The molecule has 0 spiro atoms. The highest BCUT2D eigenvalue weighted by atomic mass is 35.6. The Balaban J connectivity index is 2.27. The number of nitrogens with zero attached hydrogens (tertiary/aromatic N) is 1. The molecule has 2 amide bonds. The summed E-state index contributed by atoms with van der Waals surface area (Å²) >= 11 is 17.3. The molecule has 0 aliphatic carbocycles. The summed E-state index contributed by atoms with van der Waals surface area (Å²) in [5.74, 6) is -0.789. The minimum Gasteiger partial charge on any atom is -0.453 e. The van der Waals surface area contributed by atoms with Crippen LogP contribution in [0.1, 0.15) is 6.92 Å². The molecule has 24 heavy (non-hydrogen) atoms. The number of hydrogen-bond acceptors (Lipinski definition) is 6. The highest BCUT2D eigenvalue weighted by molar-refractivity contribution is 6.68. The summed E-state index contributed by atoms with van der Waals surface area (Å²) < 4.78 is 7.59. The Bertz CT molecular complexity index is 624. The average Bonchev–Trinajstić information content (AvgIpc) is 2.50. The molecule has 2 rings (SSSR count). The van der Waals surface area contributed by atoms with Gasteiger partial charge in [0.2, 0.25) is 10.0 Å². The van der Waals surface area contributed by atoms with Gasteiger partial charge in [-0.1, -0.05) is 46.9 Å². The number of hydrogen-bond donors (Lipinski definition) is 2. The molecule has 2 atom stereocenters. The van der Waals surface area contributed by atoms with Gasteiger partial charge in [-0.2, -0.15) is 5.06 Å². The normalized spacial score (nSPS) is 18.5. The number of alkyl carbamates (subject to hydrolysis) is 1. The van der Waals surface area contributed by atoms with Crippen LogP contribution in [-0.2, 0) is 14.4 Å². The van der Waals surface area contributed by atoms with E-state index in [1.807, 2.05) is 0 Å². The number of para-hydroxylation sites is 2. The number of amides is 2. The maximum atomic E-state index is 12.1. The number of alkyl halides is 3. The molecule has 132 valence electrons. The van der Waals surface area contributed by atoms with Gasteiger partial charge in [-0.3, -0.25) is 10.1 Å². The molecule has 11 heteroatoms. The van der Waals surface area contributed by atoms with Crippen LogP contribution in [-0.4, -0.2) is 40.0 Å². The van der Waals surface area contributed by atoms with Crippen LogP contribution >= 0.6 is 34.8 Å². The third-order valence-corrected chi connectivity index (χ3v) is 3.36. The first kappa shape index (κ1) is 18.9. The van der Waals surface area contributed by atoms with Gasteiger partial charge in [-0.15, -0.1) is 0 Å². The molecule has 1 aliphatic heterocycles. The van der Waals surface area contributed by atoms with Gasteiger partial charge in [-0.05, 0) is 19.1 Å². The fraction of sp³-hybridized carbons (Fsp3) is 0.385. The van der Waals surface area contributed by atoms with E-state index in [4.69, 9.17) is 49.1 Å². The van der Waals surface area contributed by atoms with E-state index in [2.05, 4.69) is 5.32 Å². The van der Waals surface area contributed by atoms with Crippen molar-refractivity contribution in [1.82, 2.24) is 5.32 Å². The Morgan fingerprint density at radius 3 is 2.75 bits per heavy atom. The lowest BCUT2D eigenvalue weighted by Crippen LogP contribution is -2.54. The Hall–Kier alpha value is -1.45. The number of carbonyl (C=O) groups is 2. The molecule has 0 radical (unpaired) electrons. The second kappa shape index (κ2) is 7.62. The van der Waals surface area contributed by atoms with E-state index in [0.29, 0.717) is 5.06 Å². The van der Waals surface area contributed by atoms with Gasteiger partial charge in [0.15, 0.2) is 0 Å². The Morgan fingerprint density at radius 2 is 2.12 bits per heavy atom. The smallest absolute Gasteiger partial charge is 0.409 e. The number of halogens is 3. The van der Waals surface area contributed by atoms with E-state index in [-0.39, 0.29) is 18.0 Å². The van der Waals surface area contributed by atoms with Crippen LogP contribution in [0.5, 0.6) is 5.75 Å². The van der Waals surface area contributed by atoms with Gasteiger partial charge in [0.1, 0.15) is 11.4 Å². The topological polar surface area (TPSA) is 97.3 Å². The minimum atomic E-state index is -2.13. The summed E-state index contributed by atoms with van der Waals surface area (Å²) in [5, 5.41) is 12.5. The lowest BCUT2D eigenvalue weighted by atomic mass is 10.2. The fourth-order valence-corrected chi connectivity index (χ4v) is 2.06. The molecule has 0 fully saturated rings. The number of fused-ring (bicyclic) bond motifs is 1. The van der Waals surface area contributed by atoms with E-state index in [1.54, 1.807) is 19.1 Å². The molecule has 1 aromatic rings. The van der Waals surface area contributed by atoms with Crippen LogP contribution in [0, 0.1) is 0 Å². The molecular weight excluding hydrogens is 387 g/mol. The molecule has 0 aromatic heterocycles. The summed E-state index contributed by atoms with van der Waals surface area (Å²) in [5.41, 5.74) is 0.165. The molecule has 2 N–H and O–H groups in total. The predicted octanol–water partition coefficient (Wildman–Crippen LogP) is 2.10. The third-order valence-electron chi connectivity index (χ3n) is 2.77. The second-order valence-electron chi connectivity index (χ2n) is 4.46. The Labute approximate surface area is 152 Å². The van der Waals surface area contributed by atoms with Gasteiger partial charge in [-0.25, -0.2) is 9.63 Å². The van der Waals surface area contributed by atoms with E-state index in [9.17, 15) is 14.7 Å². The van der Waals surface area contributed by atoms with Crippen LogP contribution in [0.25, 0.3) is 0 Å². The molecule has 1 aromatic carbocycles. The highest BCUT2D eigenvalue weighted by Crippen LogP contribution is 2.37. The number of benzene rings is 1. The minimum absolute atomic E-state index is 0.0798. The first-order valence-electron chi connectivity index (χ1n) is 6.68. The zero-order valence-corrected chi connectivity index (χ0v) is 14.5. The number of aliphatic hydroxyl groups excluding tert-OH is 1. The summed E-state index contributed by atoms with van der Waals surface area (Å²) in [6, 6.07) is 6.22. The summed E-state index contributed by atoms with van der Waals surface area (Å²) in [4.78, 5) is 29.0. The van der Waals surface area contributed by atoms with E-state index >= 15 is 0 Å². The van der Waals surface area contributed by atoms with E-state index in [0.717, 1.165) is 0 Å². The largest absolute Gasteiger partial charge is 0.453 e. The molecule has 1 aliphatic rings. The lowest BCUT2D eigenvalue weighted by Gasteiger charge is -2.35. The highest BCUT2D eigenvalue weighted by Gasteiger charge is 2.42. The van der Waals surface area contributed by atoms with Crippen LogP contribution in [0.4, 0.5) is 10.5 Å².